The van der Waals surface area contributed by atoms with Crippen LogP contribution in [-0.4, -0.2) is 41.2 Å². The molecule has 0 unspecified atom stereocenters. The number of hydrogen-bond donors (Lipinski definition) is 3. The summed E-state index contributed by atoms with van der Waals surface area (Å²) in [4.78, 5) is 40.1. The second-order valence-corrected chi connectivity index (χ2v) is 8.99. The molecule has 0 saturated carbocycles. The number of fused-ring (bicyclic) bond motifs is 3. The number of ether oxygens (including phenoxy) is 1. The fraction of sp³-hybridized carbons (Fsp3) is 0.280. The lowest BCUT2D eigenvalue weighted by Gasteiger charge is -2.14. The maximum atomic E-state index is 12.5. The maximum absolute atomic E-state index is 12.5. The molecule has 34 heavy (non-hydrogen) atoms. The van der Waals surface area contributed by atoms with Gasteiger partial charge in [0.15, 0.2) is 5.13 Å². The van der Waals surface area contributed by atoms with Gasteiger partial charge in [-0.15, -0.1) is 0 Å². The molecular formula is C25H25N3O5S. The van der Waals surface area contributed by atoms with E-state index < -0.39 is 12.1 Å². The molecule has 2 aromatic carbocycles. The second-order valence-electron chi connectivity index (χ2n) is 7.99. The van der Waals surface area contributed by atoms with E-state index in [1.807, 2.05) is 24.3 Å². The van der Waals surface area contributed by atoms with Crippen molar-refractivity contribution in [1.82, 2.24) is 10.3 Å². The molecule has 1 aliphatic carbocycles. The molecule has 0 aliphatic heterocycles. The van der Waals surface area contributed by atoms with E-state index in [2.05, 4.69) is 39.9 Å². The first-order valence-electron chi connectivity index (χ1n) is 11.0. The first-order chi connectivity index (χ1) is 16.4. The highest BCUT2D eigenvalue weighted by Crippen LogP contribution is 2.44. The van der Waals surface area contributed by atoms with Crippen LogP contribution < -0.4 is 10.6 Å². The quantitative estimate of drug-likeness (QED) is 0.380. The van der Waals surface area contributed by atoms with Gasteiger partial charge in [0.25, 0.3) is 5.91 Å². The van der Waals surface area contributed by atoms with E-state index in [1.54, 1.807) is 6.92 Å². The molecule has 2 amide bonds. The number of aromatic nitrogens is 1. The van der Waals surface area contributed by atoms with Gasteiger partial charge in [-0.3, -0.25) is 14.9 Å². The zero-order valence-corrected chi connectivity index (χ0v) is 19.5. The molecule has 4 rings (SSSR count). The van der Waals surface area contributed by atoms with Gasteiger partial charge in [0.1, 0.15) is 11.5 Å². The van der Waals surface area contributed by atoms with Gasteiger partial charge in [-0.25, -0.2) is 9.78 Å². The maximum Gasteiger partial charge on any atom is 0.413 e. The first-order valence-corrected chi connectivity index (χ1v) is 11.8. The summed E-state index contributed by atoms with van der Waals surface area (Å²) >= 11 is 1.07. The van der Waals surface area contributed by atoms with Crippen LogP contribution in [0.25, 0.3) is 11.1 Å². The zero-order valence-electron chi connectivity index (χ0n) is 18.7. The summed E-state index contributed by atoms with van der Waals surface area (Å²) in [5.41, 5.74) is 5.07. The summed E-state index contributed by atoms with van der Waals surface area (Å²) in [7, 11) is 0. The Morgan fingerprint density at radius 3 is 2.32 bits per heavy atom. The number of anilines is 1. The van der Waals surface area contributed by atoms with Crippen molar-refractivity contribution in [1.29, 1.82) is 0 Å². The van der Waals surface area contributed by atoms with Crippen molar-refractivity contribution in [3.63, 3.8) is 0 Å². The van der Waals surface area contributed by atoms with Gasteiger partial charge >= 0.3 is 12.1 Å². The topological polar surface area (TPSA) is 118 Å². The molecule has 0 bridgehead atoms. The van der Waals surface area contributed by atoms with Crippen molar-refractivity contribution in [3.8, 4) is 11.1 Å². The average Bonchev–Trinajstić information content (AvgIpc) is 3.34. The van der Waals surface area contributed by atoms with E-state index in [4.69, 9.17) is 9.84 Å². The van der Waals surface area contributed by atoms with Gasteiger partial charge < -0.3 is 15.2 Å². The lowest BCUT2D eigenvalue weighted by atomic mass is 9.98. The standard InChI is InChI=1S/C25H25N3O5S/c1-15-22(23(31)26-13-7-6-12-21(29)30)34-24(27-15)28-25(32)33-14-20-18-10-4-2-8-16(18)17-9-3-5-11-19(17)20/h2-5,8-11,20H,6-7,12-14H2,1H3,(H,26,31)(H,29,30)(H,27,28,32). The average molecular weight is 480 g/mol. The SMILES string of the molecule is Cc1nc(NC(=O)OCC2c3ccccc3-c3ccccc32)sc1C(=O)NCCCCC(=O)O. The van der Waals surface area contributed by atoms with Crippen LogP contribution in [0.4, 0.5) is 9.93 Å². The largest absolute Gasteiger partial charge is 0.481 e. The summed E-state index contributed by atoms with van der Waals surface area (Å²) in [6, 6.07) is 16.2. The Bertz CT molecular complexity index is 1180. The van der Waals surface area contributed by atoms with Crippen LogP contribution in [-0.2, 0) is 9.53 Å². The van der Waals surface area contributed by atoms with Crippen molar-refractivity contribution in [2.75, 3.05) is 18.5 Å². The number of carboxylic acid groups (broad SMARTS) is 1. The lowest BCUT2D eigenvalue weighted by molar-refractivity contribution is -0.137. The summed E-state index contributed by atoms with van der Waals surface area (Å²) in [5, 5.41) is 14.3. The van der Waals surface area contributed by atoms with Crippen molar-refractivity contribution in [2.24, 2.45) is 0 Å². The van der Waals surface area contributed by atoms with Crippen molar-refractivity contribution in [2.45, 2.75) is 32.1 Å². The van der Waals surface area contributed by atoms with Crippen LogP contribution in [0.5, 0.6) is 0 Å². The number of carboxylic acids is 1. The van der Waals surface area contributed by atoms with Crippen LogP contribution in [0, 0.1) is 6.92 Å². The molecule has 3 aromatic rings. The number of carbonyl (C=O) groups excluding carboxylic acids is 2. The molecule has 8 nitrogen and oxygen atoms in total. The molecule has 176 valence electrons. The molecule has 1 aliphatic rings. The minimum atomic E-state index is -0.853. The highest BCUT2D eigenvalue weighted by molar-refractivity contribution is 7.17. The monoisotopic (exact) mass is 479 g/mol. The normalized spacial score (nSPS) is 12.0. The molecule has 0 atom stereocenters. The Balaban J connectivity index is 1.32. The molecule has 0 saturated heterocycles. The Kier molecular flexibility index (Phi) is 7.22. The zero-order chi connectivity index (χ0) is 24.1. The molecule has 9 heteroatoms. The van der Waals surface area contributed by atoms with Crippen molar-refractivity contribution in [3.05, 3.63) is 70.2 Å². The van der Waals surface area contributed by atoms with E-state index in [9.17, 15) is 14.4 Å². The Morgan fingerprint density at radius 1 is 1.03 bits per heavy atom. The number of nitrogens with zero attached hydrogens (tertiary/aromatic N) is 1. The molecule has 0 radical (unpaired) electrons. The second kappa shape index (κ2) is 10.5. The fourth-order valence-electron chi connectivity index (χ4n) is 4.07. The third-order valence-electron chi connectivity index (χ3n) is 5.66. The number of benzene rings is 2. The third-order valence-corrected chi connectivity index (χ3v) is 6.73. The summed E-state index contributed by atoms with van der Waals surface area (Å²) in [6.07, 6.45) is 0.507. The Morgan fingerprint density at radius 2 is 1.68 bits per heavy atom. The Hall–Kier alpha value is -3.72. The van der Waals surface area contributed by atoms with E-state index in [0.717, 1.165) is 33.6 Å². The molecular weight excluding hydrogens is 454 g/mol. The van der Waals surface area contributed by atoms with Gasteiger partial charge in [-0.1, -0.05) is 59.9 Å². The van der Waals surface area contributed by atoms with Gasteiger partial charge in [0.05, 0.1) is 5.69 Å². The van der Waals surface area contributed by atoms with Gasteiger partial charge in [-0.05, 0) is 42.0 Å². The lowest BCUT2D eigenvalue weighted by Crippen LogP contribution is -2.24. The number of hydrogen-bond acceptors (Lipinski definition) is 6. The molecule has 0 spiro atoms. The number of aliphatic carboxylic acids is 1. The van der Waals surface area contributed by atoms with Crippen LogP contribution in [0.1, 0.15) is 51.7 Å². The van der Waals surface area contributed by atoms with E-state index >= 15 is 0 Å². The summed E-state index contributed by atoms with van der Waals surface area (Å²) < 4.78 is 5.53. The number of rotatable bonds is 9. The minimum Gasteiger partial charge on any atom is -0.481 e. The predicted molar refractivity (Wildman–Crippen MR) is 129 cm³/mol. The van der Waals surface area contributed by atoms with Gasteiger partial charge in [0, 0.05) is 18.9 Å². The van der Waals surface area contributed by atoms with Crippen molar-refractivity contribution >= 4 is 34.4 Å². The van der Waals surface area contributed by atoms with E-state index in [0.29, 0.717) is 30.0 Å². The fourth-order valence-corrected chi connectivity index (χ4v) is 4.93. The smallest absolute Gasteiger partial charge is 0.413 e. The number of nitrogens with one attached hydrogen (secondary N) is 2. The molecule has 1 aromatic heterocycles. The van der Waals surface area contributed by atoms with Crippen LogP contribution in [0.2, 0.25) is 0 Å². The molecule has 3 N–H and O–H groups in total. The minimum absolute atomic E-state index is 0.0429. The Labute approximate surface area is 201 Å². The number of unbranched alkanes of at least 4 members (excludes halogenated alkanes) is 1. The van der Waals surface area contributed by atoms with Crippen LogP contribution in [0.15, 0.2) is 48.5 Å². The van der Waals surface area contributed by atoms with Crippen molar-refractivity contribution < 1.29 is 24.2 Å². The van der Waals surface area contributed by atoms with Crippen LogP contribution in [0.3, 0.4) is 0 Å². The summed E-state index contributed by atoms with van der Waals surface area (Å²) in [5.74, 6) is -1.20. The highest BCUT2D eigenvalue weighted by atomic mass is 32.1. The highest BCUT2D eigenvalue weighted by Gasteiger charge is 2.29. The number of aryl methyl sites for hydroxylation is 1. The predicted octanol–water partition coefficient (Wildman–Crippen LogP) is 4.80. The van der Waals surface area contributed by atoms with Gasteiger partial charge in [-0.2, -0.15) is 0 Å². The number of thiazole rings is 1. The first kappa shape index (κ1) is 23.4. The number of carbonyl (C=O) groups is 3. The summed E-state index contributed by atoms with van der Waals surface area (Å²) in [6.45, 7) is 2.26. The molecule has 1 heterocycles. The van der Waals surface area contributed by atoms with E-state index in [1.165, 1.54) is 0 Å². The third kappa shape index (κ3) is 5.26. The number of amides is 2. The van der Waals surface area contributed by atoms with Gasteiger partial charge in [0.2, 0.25) is 0 Å². The molecule has 0 fully saturated rings. The van der Waals surface area contributed by atoms with E-state index in [-0.39, 0.29) is 30.0 Å². The van der Waals surface area contributed by atoms with Crippen LogP contribution >= 0.6 is 11.3 Å².